The lowest BCUT2D eigenvalue weighted by Crippen LogP contribution is -2.33. The number of hydrogen-bond donors (Lipinski definition) is 0. The lowest BCUT2D eigenvalue weighted by molar-refractivity contribution is 0.225. The molecule has 1 fully saturated rings. The summed E-state index contributed by atoms with van der Waals surface area (Å²) in [6, 6.07) is 6.83. The van der Waals surface area contributed by atoms with Gasteiger partial charge in [0.25, 0.3) is 0 Å². The second-order valence-corrected chi connectivity index (χ2v) is 7.31. The highest BCUT2D eigenvalue weighted by Gasteiger charge is 2.28. The van der Waals surface area contributed by atoms with Gasteiger partial charge in [0.05, 0.1) is 0 Å². The van der Waals surface area contributed by atoms with Crippen molar-refractivity contribution >= 4 is 18.9 Å². The Kier molecular flexibility index (Phi) is 4.61. The molecule has 2 rings (SSSR count). The van der Waals surface area contributed by atoms with Crippen molar-refractivity contribution in [3.8, 4) is 0 Å². The van der Waals surface area contributed by atoms with Gasteiger partial charge in [-0.1, -0.05) is 58.6 Å². The van der Waals surface area contributed by atoms with Gasteiger partial charge in [-0.25, -0.2) is 0 Å². The average molecular weight is 283 g/mol. The van der Waals surface area contributed by atoms with Crippen LogP contribution in [0.2, 0.25) is 0 Å². The second-order valence-electron chi connectivity index (χ2n) is 7.31. The Hall–Kier alpha value is -1.50. The predicted octanol–water partition coefficient (Wildman–Crippen LogP) is 3.77. The Morgan fingerprint density at radius 2 is 1.90 bits per heavy atom. The molecule has 0 aromatic heterocycles. The van der Waals surface area contributed by atoms with Crippen LogP contribution in [0.25, 0.3) is 18.9 Å². The molecule has 1 heteroatoms. The smallest absolute Gasteiger partial charge is 0.0366 e. The van der Waals surface area contributed by atoms with Crippen LogP contribution in [0.15, 0.2) is 24.8 Å². The lowest BCUT2D eigenvalue weighted by Gasteiger charge is -2.35. The van der Waals surface area contributed by atoms with Crippen molar-refractivity contribution in [3.63, 3.8) is 0 Å². The third-order valence-corrected chi connectivity index (χ3v) is 4.94. The number of benzene rings is 1. The summed E-state index contributed by atoms with van der Waals surface area (Å²) in [6.45, 7) is 17.2. The third kappa shape index (κ3) is 3.78. The van der Waals surface area contributed by atoms with E-state index in [4.69, 9.17) is 0 Å². The Morgan fingerprint density at radius 3 is 2.57 bits per heavy atom. The van der Waals surface area contributed by atoms with Crippen molar-refractivity contribution in [2.75, 3.05) is 7.05 Å². The maximum Gasteiger partial charge on any atom is 0.0366 e. The van der Waals surface area contributed by atoms with Crippen molar-refractivity contribution in [1.29, 1.82) is 0 Å². The van der Waals surface area contributed by atoms with E-state index in [0.717, 1.165) is 21.7 Å². The van der Waals surface area contributed by atoms with Crippen molar-refractivity contribution in [1.82, 2.24) is 4.90 Å². The number of rotatable bonds is 3. The molecule has 1 nitrogen and oxygen atoms in total. The van der Waals surface area contributed by atoms with Gasteiger partial charge in [0.15, 0.2) is 0 Å². The Labute approximate surface area is 129 Å². The van der Waals surface area contributed by atoms with E-state index in [2.05, 4.69) is 57.7 Å². The molecule has 1 aliphatic rings. The van der Waals surface area contributed by atoms with E-state index in [9.17, 15) is 0 Å². The molecule has 0 heterocycles. The average Bonchev–Trinajstić information content (AvgIpc) is 2.61. The third-order valence-electron chi connectivity index (χ3n) is 4.94. The fourth-order valence-corrected chi connectivity index (χ4v) is 3.39. The highest BCUT2D eigenvalue weighted by atomic mass is 15.1. The molecule has 0 N–H and O–H groups in total. The van der Waals surface area contributed by atoms with Gasteiger partial charge >= 0.3 is 0 Å². The molecule has 1 aliphatic carbocycles. The van der Waals surface area contributed by atoms with Gasteiger partial charge in [0.2, 0.25) is 0 Å². The van der Waals surface area contributed by atoms with E-state index in [1.807, 2.05) is 6.07 Å². The fourth-order valence-electron chi connectivity index (χ4n) is 3.39. The van der Waals surface area contributed by atoms with Gasteiger partial charge < -0.3 is 4.90 Å². The SMILES string of the molecule is C=C(c1ccc(=C)c(=C)c1)N(C)C1CCCCC(C)(C)C1. The van der Waals surface area contributed by atoms with E-state index >= 15 is 0 Å². The summed E-state index contributed by atoms with van der Waals surface area (Å²) in [5.74, 6) is 0. The summed E-state index contributed by atoms with van der Waals surface area (Å²) < 4.78 is 0. The van der Waals surface area contributed by atoms with Gasteiger partial charge in [-0.05, 0) is 46.7 Å². The molecule has 21 heavy (non-hydrogen) atoms. The minimum Gasteiger partial charge on any atom is -0.372 e. The second kappa shape index (κ2) is 6.09. The van der Waals surface area contributed by atoms with E-state index in [-0.39, 0.29) is 0 Å². The zero-order valence-electron chi connectivity index (χ0n) is 13.9. The molecule has 0 bridgehead atoms. The molecule has 0 aliphatic heterocycles. The molecule has 0 radical (unpaired) electrons. The molecule has 1 unspecified atom stereocenters. The van der Waals surface area contributed by atoms with Crippen LogP contribution in [0.3, 0.4) is 0 Å². The predicted molar refractivity (Wildman–Crippen MR) is 94.2 cm³/mol. The normalized spacial score (nSPS) is 21.6. The first-order chi connectivity index (χ1) is 9.80. The Balaban J connectivity index is 2.19. The number of nitrogens with zero attached hydrogens (tertiary/aromatic N) is 1. The summed E-state index contributed by atoms with van der Waals surface area (Å²) in [7, 11) is 2.19. The lowest BCUT2D eigenvalue weighted by atomic mass is 9.83. The fraction of sp³-hybridized carbons (Fsp3) is 0.500. The van der Waals surface area contributed by atoms with Gasteiger partial charge in [-0.2, -0.15) is 0 Å². The minimum absolute atomic E-state index is 0.435. The minimum atomic E-state index is 0.435. The standard InChI is InChI=1S/C20H29N/c1-15-10-11-18(13-16(15)2)17(3)21(6)19-9-7-8-12-20(4,5)14-19/h10-11,13,19H,1-3,7-9,12,14H2,4-6H3. The molecule has 0 amide bonds. The summed E-state index contributed by atoms with van der Waals surface area (Å²) in [5.41, 5.74) is 2.70. The van der Waals surface area contributed by atoms with E-state index in [0.29, 0.717) is 11.5 Å². The van der Waals surface area contributed by atoms with Gasteiger partial charge in [0.1, 0.15) is 0 Å². The van der Waals surface area contributed by atoms with E-state index in [1.165, 1.54) is 32.1 Å². The highest BCUT2D eigenvalue weighted by molar-refractivity contribution is 5.62. The van der Waals surface area contributed by atoms with Crippen LogP contribution in [0.4, 0.5) is 0 Å². The first kappa shape index (κ1) is 15.9. The first-order valence-corrected chi connectivity index (χ1v) is 8.00. The maximum atomic E-state index is 4.33. The molecule has 0 spiro atoms. The molecule has 1 saturated carbocycles. The van der Waals surface area contributed by atoms with Crippen LogP contribution in [0, 0.1) is 5.41 Å². The van der Waals surface area contributed by atoms with E-state index in [1.54, 1.807) is 0 Å². The number of hydrogen-bond acceptors (Lipinski definition) is 1. The molecular formula is C20H29N. The largest absolute Gasteiger partial charge is 0.372 e. The van der Waals surface area contributed by atoms with Crippen LogP contribution >= 0.6 is 0 Å². The van der Waals surface area contributed by atoms with Crippen LogP contribution in [-0.2, 0) is 0 Å². The summed E-state index contributed by atoms with van der Waals surface area (Å²) in [4.78, 5) is 2.38. The van der Waals surface area contributed by atoms with Crippen LogP contribution in [0.1, 0.15) is 51.5 Å². The zero-order valence-corrected chi connectivity index (χ0v) is 13.9. The molecular weight excluding hydrogens is 254 g/mol. The molecule has 1 aromatic rings. The van der Waals surface area contributed by atoms with Crippen LogP contribution < -0.4 is 10.4 Å². The highest BCUT2D eigenvalue weighted by Crippen LogP contribution is 2.37. The molecule has 114 valence electrons. The van der Waals surface area contributed by atoms with Crippen LogP contribution in [-0.4, -0.2) is 18.0 Å². The monoisotopic (exact) mass is 283 g/mol. The van der Waals surface area contributed by atoms with Crippen molar-refractivity contribution in [2.24, 2.45) is 5.41 Å². The van der Waals surface area contributed by atoms with Gasteiger partial charge in [-0.15, -0.1) is 0 Å². The summed E-state index contributed by atoms with van der Waals surface area (Å²) in [5, 5.41) is 1.98. The summed E-state index contributed by atoms with van der Waals surface area (Å²) >= 11 is 0. The van der Waals surface area contributed by atoms with E-state index < -0.39 is 0 Å². The Morgan fingerprint density at radius 1 is 1.19 bits per heavy atom. The molecule has 1 aromatic carbocycles. The van der Waals surface area contributed by atoms with Gasteiger partial charge in [-0.3, -0.25) is 0 Å². The van der Waals surface area contributed by atoms with Crippen molar-refractivity contribution in [2.45, 2.75) is 52.0 Å². The zero-order chi connectivity index (χ0) is 15.6. The van der Waals surface area contributed by atoms with Gasteiger partial charge in [0, 0.05) is 18.8 Å². The molecule has 1 atom stereocenters. The first-order valence-electron chi connectivity index (χ1n) is 8.00. The summed E-state index contributed by atoms with van der Waals surface area (Å²) in [6.07, 6.45) is 6.52. The maximum absolute atomic E-state index is 4.33. The quantitative estimate of drug-likeness (QED) is 0.763. The van der Waals surface area contributed by atoms with Crippen molar-refractivity contribution in [3.05, 3.63) is 40.8 Å². The Bertz CT molecular complexity index is 611. The topological polar surface area (TPSA) is 3.24 Å². The van der Waals surface area contributed by atoms with Crippen LogP contribution in [0.5, 0.6) is 0 Å². The molecule has 0 saturated heterocycles. The van der Waals surface area contributed by atoms with Crippen molar-refractivity contribution < 1.29 is 0 Å².